The first-order valence-electron chi connectivity index (χ1n) is 11.3. The molecule has 2 amide bonds. The first-order valence-corrected chi connectivity index (χ1v) is 12.1. The van der Waals surface area contributed by atoms with Crippen molar-refractivity contribution in [3.63, 3.8) is 0 Å². The molecule has 0 saturated heterocycles. The third-order valence-corrected chi connectivity index (χ3v) is 6.50. The molecular weight excluding hydrogens is 557 g/mol. The van der Waals surface area contributed by atoms with Crippen LogP contribution in [0.5, 0.6) is 0 Å². The second-order valence-electron chi connectivity index (χ2n) is 8.16. The Balaban J connectivity index is 1.69. The van der Waals surface area contributed by atoms with E-state index in [4.69, 9.17) is 5.41 Å². The molecule has 38 heavy (non-hydrogen) atoms. The van der Waals surface area contributed by atoms with Crippen molar-refractivity contribution in [2.75, 3.05) is 24.7 Å². The molecule has 0 unspecified atom stereocenters. The van der Waals surface area contributed by atoms with Crippen molar-refractivity contribution in [1.82, 2.24) is 19.7 Å². The molecule has 0 radical (unpaired) electrons. The Morgan fingerprint density at radius 3 is 2.42 bits per heavy atom. The Morgan fingerprint density at radius 2 is 1.79 bits per heavy atom. The van der Waals surface area contributed by atoms with Crippen molar-refractivity contribution in [2.45, 2.75) is 0 Å². The fraction of sp³-hybridized carbons (Fsp3) is 0.115. The van der Waals surface area contributed by atoms with Gasteiger partial charge in [-0.25, -0.2) is 18.4 Å². The fourth-order valence-corrected chi connectivity index (χ4v) is 4.44. The number of nitrogens with zero attached hydrogens (tertiary/aromatic N) is 3. The van der Waals surface area contributed by atoms with E-state index in [-0.39, 0.29) is 34.1 Å². The van der Waals surface area contributed by atoms with Gasteiger partial charge >= 0.3 is 5.69 Å². The van der Waals surface area contributed by atoms with Crippen molar-refractivity contribution >= 4 is 44.8 Å². The van der Waals surface area contributed by atoms with Crippen LogP contribution in [0.15, 0.2) is 70.2 Å². The van der Waals surface area contributed by atoms with Crippen LogP contribution in [-0.2, 0) is 11.8 Å². The van der Waals surface area contributed by atoms with Gasteiger partial charge in [-0.05, 0) is 48.0 Å². The number of nitrogens with one attached hydrogen (secondary N) is 4. The zero-order valence-corrected chi connectivity index (χ0v) is 22.2. The molecule has 0 aliphatic heterocycles. The predicted molar refractivity (Wildman–Crippen MR) is 147 cm³/mol. The zero-order valence-electron chi connectivity index (χ0n) is 20.6. The van der Waals surface area contributed by atoms with Crippen LogP contribution in [0.1, 0.15) is 15.9 Å². The summed E-state index contributed by atoms with van der Waals surface area (Å²) in [5, 5.41) is 20.3. The van der Waals surface area contributed by atoms with Gasteiger partial charge in [-0.2, -0.15) is 5.10 Å². The van der Waals surface area contributed by atoms with Gasteiger partial charge in [0.25, 0.3) is 11.8 Å². The van der Waals surface area contributed by atoms with Gasteiger partial charge in [0.05, 0.1) is 11.3 Å². The van der Waals surface area contributed by atoms with Gasteiger partial charge in [-0.3, -0.25) is 15.0 Å². The maximum absolute atomic E-state index is 15.9. The Bertz CT molecular complexity index is 1640. The number of amides is 2. The number of carbonyl (C=O) groups is 2. The van der Waals surface area contributed by atoms with Crippen LogP contribution in [0, 0.1) is 11.2 Å². The molecule has 10 nitrogen and oxygen atoms in total. The lowest BCUT2D eigenvalue weighted by Crippen LogP contribution is -2.25. The minimum Gasteiger partial charge on any atom is -0.387 e. The second kappa shape index (κ2) is 10.8. The van der Waals surface area contributed by atoms with Crippen LogP contribution in [0.4, 0.5) is 15.8 Å². The van der Waals surface area contributed by atoms with E-state index in [9.17, 15) is 14.4 Å². The van der Waals surface area contributed by atoms with E-state index in [0.29, 0.717) is 21.3 Å². The summed E-state index contributed by atoms with van der Waals surface area (Å²) in [6.45, 7) is 0. The van der Waals surface area contributed by atoms with E-state index >= 15 is 4.39 Å². The molecule has 0 aliphatic carbocycles. The average molecular weight is 580 g/mol. The Labute approximate surface area is 225 Å². The third-order valence-electron chi connectivity index (χ3n) is 5.84. The van der Waals surface area contributed by atoms with Gasteiger partial charge in [-0.1, -0.05) is 28.1 Å². The zero-order chi connectivity index (χ0) is 27.6. The molecule has 4 aromatic rings. The summed E-state index contributed by atoms with van der Waals surface area (Å²) in [6.07, 6.45) is 1.38. The molecule has 0 saturated carbocycles. The summed E-state index contributed by atoms with van der Waals surface area (Å²) in [5.41, 5.74) is 0.830. The first-order chi connectivity index (χ1) is 18.2. The largest absolute Gasteiger partial charge is 0.387 e. The third kappa shape index (κ3) is 4.98. The molecule has 1 heterocycles. The maximum Gasteiger partial charge on any atom is 0.350 e. The molecular formula is C26H23BrFN7O3. The van der Waals surface area contributed by atoms with Gasteiger partial charge in [0.15, 0.2) is 0 Å². The molecule has 0 spiro atoms. The van der Waals surface area contributed by atoms with Crippen LogP contribution < -0.4 is 21.6 Å². The van der Waals surface area contributed by atoms with E-state index in [1.165, 1.54) is 35.7 Å². The van der Waals surface area contributed by atoms with Crippen LogP contribution in [0.3, 0.4) is 0 Å². The minimum absolute atomic E-state index is 0.148. The van der Waals surface area contributed by atoms with Gasteiger partial charge in [0, 0.05) is 48.1 Å². The van der Waals surface area contributed by atoms with Gasteiger partial charge in [0.2, 0.25) is 0 Å². The summed E-state index contributed by atoms with van der Waals surface area (Å²) < 4.78 is 19.0. The van der Waals surface area contributed by atoms with Gasteiger partial charge in [-0.15, -0.1) is 0 Å². The lowest BCUT2D eigenvalue weighted by molar-refractivity contribution is -0.110. The smallest absolute Gasteiger partial charge is 0.350 e. The molecule has 0 aliphatic rings. The maximum atomic E-state index is 15.9. The average Bonchev–Trinajstić information content (AvgIpc) is 3.25. The van der Waals surface area contributed by atoms with Crippen LogP contribution >= 0.6 is 15.9 Å². The summed E-state index contributed by atoms with van der Waals surface area (Å²) in [7, 11) is 4.58. The topological polar surface area (TPSA) is 134 Å². The summed E-state index contributed by atoms with van der Waals surface area (Å²) in [5.74, 6) is -1.96. The standard InChI is InChI=1S/C26H23BrFN7O3/c1-30-20-10-9-18(17-8-7-16(12-19(17)27)35-13-32-34(3)26(35)38)22(28)21(20)23(29)25(37)33-15-6-4-5-14(11-15)24(36)31-2/h4-13,29-30H,1-3H3,(H,31,36)(H,33,37). The lowest BCUT2D eigenvalue weighted by atomic mass is 9.97. The number of hydrogen-bond donors (Lipinski definition) is 4. The SMILES string of the molecule is CNC(=O)c1cccc(NC(=O)C(=N)c2c(NC)ccc(-c3ccc(-n4cnn(C)c4=O)cc3Br)c2F)c1. The molecule has 4 rings (SSSR count). The number of rotatable bonds is 7. The van der Waals surface area contributed by atoms with Gasteiger partial charge < -0.3 is 16.0 Å². The fourth-order valence-electron chi connectivity index (χ4n) is 3.86. The van der Waals surface area contributed by atoms with Crippen LogP contribution in [-0.4, -0.2) is 46.0 Å². The summed E-state index contributed by atoms with van der Waals surface area (Å²) >= 11 is 3.45. The highest BCUT2D eigenvalue weighted by atomic mass is 79.9. The van der Waals surface area contributed by atoms with Crippen molar-refractivity contribution in [1.29, 1.82) is 5.41 Å². The van der Waals surface area contributed by atoms with E-state index < -0.39 is 17.4 Å². The number of anilines is 2. The molecule has 4 N–H and O–H groups in total. The van der Waals surface area contributed by atoms with E-state index in [0.717, 1.165) is 0 Å². The number of aryl methyl sites for hydroxylation is 1. The van der Waals surface area contributed by atoms with E-state index in [1.807, 2.05) is 0 Å². The first kappa shape index (κ1) is 26.5. The highest BCUT2D eigenvalue weighted by Crippen LogP contribution is 2.35. The normalized spacial score (nSPS) is 10.7. The Hall–Kier alpha value is -4.58. The monoisotopic (exact) mass is 579 g/mol. The van der Waals surface area contributed by atoms with E-state index in [1.54, 1.807) is 55.6 Å². The number of benzene rings is 3. The highest BCUT2D eigenvalue weighted by molar-refractivity contribution is 9.10. The van der Waals surface area contributed by atoms with Gasteiger partial charge in [0.1, 0.15) is 17.9 Å². The number of carbonyl (C=O) groups excluding carboxylic acids is 2. The molecule has 194 valence electrons. The minimum atomic E-state index is -0.850. The van der Waals surface area contributed by atoms with Crippen LogP contribution in [0.2, 0.25) is 0 Å². The summed E-state index contributed by atoms with van der Waals surface area (Å²) in [4.78, 5) is 37.1. The molecule has 1 aromatic heterocycles. The number of hydrogen-bond acceptors (Lipinski definition) is 6. The van der Waals surface area contributed by atoms with Crippen molar-refractivity contribution in [3.8, 4) is 16.8 Å². The Kier molecular flexibility index (Phi) is 7.53. The molecule has 0 fully saturated rings. The predicted octanol–water partition coefficient (Wildman–Crippen LogP) is 3.55. The van der Waals surface area contributed by atoms with Crippen LogP contribution in [0.25, 0.3) is 16.8 Å². The molecule has 0 bridgehead atoms. The van der Waals surface area contributed by atoms with Crippen molar-refractivity contribution in [3.05, 3.63) is 92.8 Å². The Morgan fingerprint density at radius 1 is 1.05 bits per heavy atom. The summed E-state index contributed by atoms with van der Waals surface area (Å²) in [6, 6.07) is 14.2. The lowest BCUT2D eigenvalue weighted by Gasteiger charge is -2.16. The van der Waals surface area contributed by atoms with E-state index in [2.05, 4.69) is 37.0 Å². The number of aromatic nitrogens is 3. The highest BCUT2D eigenvalue weighted by Gasteiger charge is 2.24. The van der Waals surface area contributed by atoms with Crippen molar-refractivity contribution in [2.24, 2.45) is 7.05 Å². The second-order valence-corrected chi connectivity index (χ2v) is 9.01. The molecule has 12 heteroatoms. The number of halogens is 2. The molecule has 3 aromatic carbocycles. The molecule has 0 atom stereocenters. The quantitative estimate of drug-likeness (QED) is 0.248. The van der Waals surface area contributed by atoms with Crippen molar-refractivity contribution < 1.29 is 14.0 Å².